The van der Waals surface area contributed by atoms with Crippen molar-refractivity contribution in [2.45, 2.75) is 12.5 Å². The van der Waals surface area contributed by atoms with Crippen molar-refractivity contribution in [1.29, 1.82) is 0 Å². The number of hydrogen-bond acceptors (Lipinski definition) is 1. The zero-order valence-corrected chi connectivity index (χ0v) is 8.04. The van der Waals surface area contributed by atoms with Gasteiger partial charge >= 0.3 is 12.5 Å². The highest BCUT2D eigenvalue weighted by molar-refractivity contribution is 6.30. The second-order valence-electron chi connectivity index (χ2n) is 2.69. The van der Waals surface area contributed by atoms with Crippen molar-refractivity contribution in [3.05, 3.63) is 28.8 Å². The third kappa shape index (κ3) is 3.48. The second kappa shape index (κ2) is 4.04. The molecule has 8 heteroatoms. The standard InChI is InChI=1S/C8H3ClF6O/c9-4-1-2-6(16-8(13,14)15)5(3-4)7(10,11)12/h1-3H. The summed E-state index contributed by atoms with van der Waals surface area (Å²) in [5.41, 5.74) is -1.57. The molecule has 0 saturated heterocycles. The minimum absolute atomic E-state index is 0.332. The van der Waals surface area contributed by atoms with Gasteiger partial charge in [-0.1, -0.05) is 11.6 Å². The van der Waals surface area contributed by atoms with Crippen molar-refractivity contribution in [3.63, 3.8) is 0 Å². The van der Waals surface area contributed by atoms with Crippen molar-refractivity contribution in [2.75, 3.05) is 0 Å². The minimum Gasteiger partial charge on any atom is -0.405 e. The number of rotatable bonds is 1. The van der Waals surface area contributed by atoms with Gasteiger partial charge in [0.1, 0.15) is 5.75 Å². The molecule has 16 heavy (non-hydrogen) atoms. The molecule has 0 aromatic heterocycles. The molecule has 0 fully saturated rings. The molecular weight excluding hydrogens is 262 g/mol. The van der Waals surface area contributed by atoms with Gasteiger partial charge in [0.25, 0.3) is 0 Å². The molecule has 90 valence electrons. The summed E-state index contributed by atoms with van der Waals surface area (Å²) < 4.78 is 75.5. The van der Waals surface area contributed by atoms with Gasteiger partial charge in [-0.05, 0) is 18.2 Å². The third-order valence-electron chi connectivity index (χ3n) is 1.47. The topological polar surface area (TPSA) is 9.23 Å². The molecule has 0 amide bonds. The van der Waals surface area contributed by atoms with E-state index in [-0.39, 0.29) is 5.02 Å². The fourth-order valence-corrected chi connectivity index (χ4v) is 1.11. The van der Waals surface area contributed by atoms with Crippen LogP contribution < -0.4 is 4.74 Å². The number of alkyl halides is 6. The molecule has 0 saturated carbocycles. The molecule has 0 aliphatic rings. The maximum absolute atomic E-state index is 12.3. The first-order chi connectivity index (χ1) is 7.09. The van der Waals surface area contributed by atoms with Gasteiger partial charge in [-0.15, -0.1) is 13.2 Å². The Bertz CT molecular complexity index is 383. The molecule has 0 heterocycles. The van der Waals surface area contributed by atoms with Crippen molar-refractivity contribution in [2.24, 2.45) is 0 Å². The maximum Gasteiger partial charge on any atom is 0.573 e. The van der Waals surface area contributed by atoms with Crippen molar-refractivity contribution < 1.29 is 31.1 Å². The second-order valence-corrected chi connectivity index (χ2v) is 3.12. The van der Waals surface area contributed by atoms with Crippen LogP contribution in [0.15, 0.2) is 18.2 Å². The largest absolute Gasteiger partial charge is 0.573 e. The summed E-state index contributed by atoms with van der Waals surface area (Å²) in [5, 5.41) is -0.332. The van der Waals surface area contributed by atoms with E-state index >= 15 is 0 Å². The Morgan fingerprint density at radius 2 is 1.56 bits per heavy atom. The van der Waals surface area contributed by atoms with Crippen molar-refractivity contribution >= 4 is 11.6 Å². The van der Waals surface area contributed by atoms with Gasteiger partial charge in [-0.2, -0.15) is 13.2 Å². The number of hydrogen-bond donors (Lipinski definition) is 0. The highest BCUT2D eigenvalue weighted by atomic mass is 35.5. The Morgan fingerprint density at radius 1 is 1.00 bits per heavy atom. The van der Waals surface area contributed by atoms with E-state index in [4.69, 9.17) is 11.6 Å². The fourth-order valence-electron chi connectivity index (χ4n) is 0.937. The summed E-state index contributed by atoms with van der Waals surface area (Å²) in [5.74, 6) is -1.33. The van der Waals surface area contributed by atoms with Crippen LogP contribution in [0.25, 0.3) is 0 Å². The highest BCUT2D eigenvalue weighted by Crippen LogP contribution is 2.39. The lowest BCUT2D eigenvalue weighted by Gasteiger charge is -2.15. The number of halogens is 7. The summed E-state index contributed by atoms with van der Waals surface area (Å²) in [6.07, 6.45) is -10.2. The van der Waals surface area contributed by atoms with E-state index in [0.717, 1.165) is 6.07 Å². The van der Waals surface area contributed by atoms with Gasteiger partial charge in [0, 0.05) is 5.02 Å². The maximum atomic E-state index is 12.3. The number of ether oxygens (including phenoxy) is 1. The first kappa shape index (κ1) is 13.0. The molecule has 0 aliphatic carbocycles. The van der Waals surface area contributed by atoms with E-state index < -0.39 is 23.9 Å². The Labute approximate surface area is 90.6 Å². The average Bonchev–Trinajstić information content (AvgIpc) is 2.04. The van der Waals surface area contributed by atoms with E-state index in [0.29, 0.717) is 12.1 Å². The van der Waals surface area contributed by atoms with Gasteiger partial charge in [0.15, 0.2) is 0 Å². The Balaban J connectivity index is 3.19. The Morgan fingerprint density at radius 3 is 2.00 bits per heavy atom. The van der Waals surface area contributed by atoms with Crippen LogP contribution in [-0.4, -0.2) is 6.36 Å². The molecule has 1 aromatic carbocycles. The fraction of sp³-hybridized carbons (Fsp3) is 0.250. The molecule has 0 radical (unpaired) electrons. The first-order valence-corrected chi connectivity index (χ1v) is 4.10. The van der Waals surface area contributed by atoms with Gasteiger partial charge in [-0.25, -0.2) is 0 Å². The highest BCUT2D eigenvalue weighted by Gasteiger charge is 2.39. The molecule has 0 aliphatic heterocycles. The SMILES string of the molecule is FC(F)(F)Oc1ccc(Cl)cc1C(F)(F)F. The van der Waals surface area contributed by atoms with Crippen LogP contribution >= 0.6 is 11.6 Å². The summed E-state index contributed by atoms with van der Waals surface area (Å²) in [6.45, 7) is 0. The van der Waals surface area contributed by atoms with E-state index in [2.05, 4.69) is 4.74 Å². The Hall–Kier alpha value is -1.11. The minimum atomic E-state index is -5.19. The smallest absolute Gasteiger partial charge is 0.405 e. The van der Waals surface area contributed by atoms with Gasteiger partial charge < -0.3 is 4.74 Å². The van der Waals surface area contributed by atoms with Crippen LogP contribution in [0.5, 0.6) is 5.75 Å². The lowest BCUT2D eigenvalue weighted by Crippen LogP contribution is -2.20. The van der Waals surface area contributed by atoms with Crippen LogP contribution in [0.4, 0.5) is 26.3 Å². The molecule has 0 unspecified atom stereocenters. The average molecular weight is 265 g/mol. The molecule has 0 spiro atoms. The zero-order valence-electron chi connectivity index (χ0n) is 7.29. The third-order valence-corrected chi connectivity index (χ3v) is 1.71. The quantitative estimate of drug-likeness (QED) is 0.689. The normalized spacial score (nSPS) is 12.7. The van der Waals surface area contributed by atoms with Crippen LogP contribution in [0.1, 0.15) is 5.56 Å². The molecule has 0 atom stereocenters. The predicted octanol–water partition coefficient (Wildman–Crippen LogP) is 4.26. The summed E-state index contributed by atoms with van der Waals surface area (Å²) >= 11 is 5.26. The monoisotopic (exact) mass is 264 g/mol. The molecular formula is C8H3ClF6O. The molecule has 1 nitrogen and oxygen atoms in total. The van der Waals surface area contributed by atoms with E-state index in [9.17, 15) is 26.3 Å². The first-order valence-electron chi connectivity index (χ1n) is 3.72. The van der Waals surface area contributed by atoms with Crippen LogP contribution in [0.3, 0.4) is 0 Å². The number of benzene rings is 1. The van der Waals surface area contributed by atoms with E-state index in [1.54, 1.807) is 0 Å². The lowest BCUT2D eigenvalue weighted by atomic mass is 10.2. The zero-order chi connectivity index (χ0) is 12.6. The lowest BCUT2D eigenvalue weighted by molar-refractivity contribution is -0.276. The molecule has 1 aromatic rings. The van der Waals surface area contributed by atoms with Crippen LogP contribution in [0.2, 0.25) is 5.02 Å². The predicted molar refractivity (Wildman–Crippen MR) is 43.1 cm³/mol. The van der Waals surface area contributed by atoms with Crippen molar-refractivity contribution in [3.8, 4) is 5.75 Å². The summed E-state index contributed by atoms with van der Waals surface area (Å²) in [4.78, 5) is 0. The van der Waals surface area contributed by atoms with Crippen molar-refractivity contribution in [1.82, 2.24) is 0 Å². The van der Waals surface area contributed by atoms with E-state index in [1.165, 1.54) is 0 Å². The van der Waals surface area contributed by atoms with E-state index in [1.807, 2.05) is 0 Å². The summed E-state index contributed by atoms with van der Waals surface area (Å²) in [7, 11) is 0. The van der Waals surface area contributed by atoms with Gasteiger partial charge in [0.05, 0.1) is 5.56 Å². The van der Waals surface area contributed by atoms with Gasteiger partial charge in [-0.3, -0.25) is 0 Å². The van der Waals surface area contributed by atoms with Crippen LogP contribution in [-0.2, 0) is 6.18 Å². The van der Waals surface area contributed by atoms with Crippen LogP contribution in [0, 0.1) is 0 Å². The summed E-state index contributed by atoms with van der Waals surface area (Å²) in [6, 6.07) is 1.75. The molecule has 1 rings (SSSR count). The molecule has 0 N–H and O–H groups in total. The Kier molecular flexibility index (Phi) is 3.27. The molecule has 0 bridgehead atoms. The van der Waals surface area contributed by atoms with Gasteiger partial charge in [0.2, 0.25) is 0 Å².